The lowest BCUT2D eigenvalue weighted by molar-refractivity contribution is 0.590. The monoisotopic (exact) mass is 959 g/mol. The Morgan fingerprint density at radius 3 is 1.63 bits per heavy atom. The van der Waals surface area contributed by atoms with Gasteiger partial charge in [0.05, 0.1) is 21.8 Å². The minimum atomic E-state index is -0.0513. The Morgan fingerprint density at radius 1 is 0.451 bits per heavy atom. The van der Waals surface area contributed by atoms with Crippen LogP contribution < -0.4 is 30.4 Å². The molecule has 4 heterocycles. The molecule has 6 heteroatoms. The fraction of sp³-hybridized carbons (Fsp3) is 0.231. The topological polar surface area (TPSA) is 9.72 Å². The summed E-state index contributed by atoms with van der Waals surface area (Å²) in [5, 5.41) is 3.88. The minimum Gasteiger partial charge on any atom is -0.311 e. The standard InChI is InChI=1S/C65H62BN3S2/c1-39-17-25-45(26-18-39)67(46-27-19-40(2)20-28-46)53-33-32-52(58-48-15-13-14-16-56(48)70-61(53)58)69-51-31-23-44(65(10,11)12)38-50(51)66-59-54(35-41(3)36-55(59)69)68(47-29-21-42(22-30-47)63(4,5)6)60-49-37-43(64(7,8)9)24-34-57(49)71-62(60)66/h13-38H,1-12H3. The highest BCUT2D eigenvalue weighted by Gasteiger charge is 2.46. The van der Waals surface area contributed by atoms with Crippen LogP contribution in [-0.4, -0.2) is 6.71 Å². The lowest BCUT2D eigenvalue weighted by Gasteiger charge is -2.44. The van der Waals surface area contributed by atoms with Crippen molar-refractivity contribution < 1.29 is 0 Å². The van der Waals surface area contributed by atoms with Gasteiger partial charge in [-0.3, -0.25) is 0 Å². The predicted molar refractivity (Wildman–Crippen MR) is 314 cm³/mol. The molecule has 0 atom stereocenters. The smallest absolute Gasteiger partial charge is 0.264 e. The van der Waals surface area contributed by atoms with Crippen LogP contribution in [0.4, 0.5) is 51.2 Å². The van der Waals surface area contributed by atoms with Crippen LogP contribution in [0.25, 0.3) is 30.3 Å². The molecule has 3 nitrogen and oxygen atoms in total. The van der Waals surface area contributed by atoms with E-state index in [-0.39, 0.29) is 23.0 Å². The van der Waals surface area contributed by atoms with Crippen LogP contribution in [0.15, 0.2) is 158 Å². The fourth-order valence-electron chi connectivity index (χ4n) is 11.2. The van der Waals surface area contributed by atoms with E-state index in [4.69, 9.17) is 0 Å². The Bertz CT molecular complexity index is 3700. The first kappa shape index (κ1) is 45.5. The Balaban J connectivity index is 1.18. The van der Waals surface area contributed by atoms with Gasteiger partial charge in [0, 0.05) is 64.5 Å². The molecule has 2 aliphatic heterocycles. The maximum absolute atomic E-state index is 2.65. The summed E-state index contributed by atoms with van der Waals surface area (Å²) < 4.78 is 5.28. The summed E-state index contributed by atoms with van der Waals surface area (Å²) in [5.41, 5.74) is 21.4. The third kappa shape index (κ3) is 7.43. The van der Waals surface area contributed by atoms with Crippen LogP contribution in [-0.2, 0) is 16.2 Å². The highest BCUT2D eigenvalue weighted by atomic mass is 32.1. The summed E-state index contributed by atoms with van der Waals surface area (Å²) in [7, 11) is 0. The van der Waals surface area contributed by atoms with Crippen molar-refractivity contribution >= 4 is 127 Å². The van der Waals surface area contributed by atoms with E-state index >= 15 is 0 Å². The third-order valence-corrected chi connectivity index (χ3v) is 17.5. The van der Waals surface area contributed by atoms with Gasteiger partial charge in [-0.15, -0.1) is 22.7 Å². The van der Waals surface area contributed by atoms with Gasteiger partial charge in [-0.25, -0.2) is 0 Å². The average molecular weight is 960 g/mol. The average Bonchev–Trinajstić information content (AvgIpc) is 3.91. The Hall–Kier alpha value is -6.60. The molecule has 71 heavy (non-hydrogen) atoms. The van der Waals surface area contributed by atoms with Crippen molar-refractivity contribution in [2.24, 2.45) is 0 Å². The lowest BCUT2D eigenvalue weighted by atomic mass is 9.36. The number of anilines is 9. The van der Waals surface area contributed by atoms with Crippen molar-refractivity contribution in [3.05, 3.63) is 191 Å². The first-order chi connectivity index (χ1) is 33.8. The zero-order valence-electron chi connectivity index (χ0n) is 43.2. The Labute approximate surface area is 429 Å². The molecule has 0 bridgehead atoms. The van der Waals surface area contributed by atoms with Crippen LogP contribution in [0.2, 0.25) is 0 Å². The first-order valence-corrected chi connectivity index (χ1v) is 26.9. The summed E-state index contributed by atoms with van der Waals surface area (Å²) in [6.07, 6.45) is 0. The number of fused-ring (bicyclic) bond motifs is 9. The van der Waals surface area contributed by atoms with Gasteiger partial charge >= 0.3 is 0 Å². The number of hydrogen-bond donors (Lipinski definition) is 0. The molecule has 8 aromatic carbocycles. The molecule has 10 aromatic rings. The van der Waals surface area contributed by atoms with Gasteiger partial charge in [0.2, 0.25) is 0 Å². The zero-order valence-corrected chi connectivity index (χ0v) is 44.9. The van der Waals surface area contributed by atoms with E-state index in [0.29, 0.717) is 0 Å². The predicted octanol–water partition coefficient (Wildman–Crippen LogP) is 17.6. The van der Waals surface area contributed by atoms with Crippen LogP contribution in [0.1, 0.15) is 95.7 Å². The maximum atomic E-state index is 2.65. The van der Waals surface area contributed by atoms with Crippen molar-refractivity contribution in [3.8, 4) is 0 Å². The molecule has 0 radical (unpaired) electrons. The number of aryl methyl sites for hydroxylation is 3. The van der Waals surface area contributed by atoms with Gasteiger partial charge < -0.3 is 14.7 Å². The van der Waals surface area contributed by atoms with E-state index in [9.17, 15) is 0 Å². The van der Waals surface area contributed by atoms with E-state index < -0.39 is 0 Å². The second kappa shape index (κ2) is 16.2. The molecule has 0 amide bonds. The van der Waals surface area contributed by atoms with E-state index in [0.717, 1.165) is 11.4 Å². The second-order valence-corrected chi connectivity index (χ2v) is 25.5. The molecule has 0 saturated carbocycles. The van der Waals surface area contributed by atoms with E-state index in [1.165, 1.54) is 119 Å². The molecule has 2 aromatic heterocycles. The molecule has 0 fully saturated rings. The van der Waals surface area contributed by atoms with E-state index in [1.807, 2.05) is 22.7 Å². The third-order valence-electron chi connectivity index (χ3n) is 15.1. The number of rotatable bonds is 5. The van der Waals surface area contributed by atoms with Gasteiger partial charge in [-0.2, -0.15) is 0 Å². The van der Waals surface area contributed by atoms with Crippen molar-refractivity contribution in [3.63, 3.8) is 0 Å². The molecule has 0 unspecified atom stereocenters. The summed E-state index contributed by atoms with van der Waals surface area (Å²) in [6, 6.07) is 60.9. The molecular formula is C65H62BN3S2. The van der Waals surface area contributed by atoms with Crippen LogP contribution in [0, 0.1) is 20.8 Å². The maximum Gasteiger partial charge on any atom is 0.264 e. The molecule has 0 spiro atoms. The number of thiophene rings is 2. The fourth-order valence-corrected chi connectivity index (χ4v) is 13.7. The van der Waals surface area contributed by atoms with Crippen molar-refractivity contribution in [1.82, 2.24) is 0 Å². The minimum absolute atomic E-state index is 0.00208. The highest BCUT2D eigenvalue weighted by molar-refractivity contribution is 7.33. The number of nitrogens with zero attached hydrogens (tertiary/aromatic N) is 3. The Kier molecular flexibility index (Phi) is 10.4. The summed E-state index contributed by atoms with van der Waals surface area (Å²) >= 11 is 3.89. The normalized spacial score (nSPS) is 13.5. The quantitative estimate of drug-likeness (QED) is 0.159. The van der Waals surface area contributed by atoms with Gasteiger partial charge in [0.25, 0.3) is 6.71 Å². The van der Waals surface area contributed by atoms with Gasteiger partial charge in [0.1, 0.15) is 0 Å². The van der Waals surface area contributed by atoms with Crippen molar-refractivity contribution in [2.45, 2.75) is 99.3 Å². The van der Waals surface area contributed by atoms with Gasteiger partial charge in [0.15, 0.2) is 0 Å². The number of hydrogen-bond acceptors (Lipinski definition) is 5. The molecule has 12 rings (SSSR count). The zero-order chi connectivity index (χ0) is 49.5. The second-order valence-electron chi connectivity index (χ2n) is 23.3. The summed E-state index contributed by atoms with van der Waals surface area (Å²) in [4.78, 5) is 7.74. The highest BCUT2D eigenvalue weighted by Crippen LogP contribution is 2.54. The molecule has 352 valence electrons. The summed E-state index contributed by atoms with van der Waals surface area (Å²) in [6.45, 7) is 27.7. The number of benzene rings is 8. The first-order valence-electron chi connectivity index (χ1n) is 25.3. The lowest BCUT2D eigenvalue weighted by Crippen LogP contribution is -2.60. The SMILES string of the molecule is Cc1ccc(N(c2ccc(C)cc2)c2ccc(N3c4ccc(C(C)(C)C)cc4B4c5sc6ccc(C(C)(C)C)cc6c5N(c5ccc(C(C)(C)C)cc5)c5cc(C)cc3c54)c3c2sc2ccccc23)cc1. The van der Waals surface area contributed by atoms with Crippen molar-refractivity contribution in [1.29, 1.82) is 0 Å². The molecule has 0 aliphatic carbocycles. The molecule has 0 N–H and O–H groups in total. The van der Waals surface area contributed by atoms with E-state index in [2.05, 4.69) is 256 Å². The van der Waals surface area contributed by atoms with Crippen LogP contribution >= 0.6 is 22.7 Å². The summed E-state index contributed by atoms with van der Waals surface area (Å²) in [5.74, 6) is 0. The molecule has 0 saturated heterocycles. The van der Waals surface area contributed by atoms with Crippen LogP contribution in [0.3, 0.4) is 0 Å². The van der Waals surface area contributed by atoms with Gasteiger partial charge in [-0.1, -0.05) is 146 Å². The van der Waals surface area contributed by atoms with Crippen LogP contribution in [0.5, 0.6) is 0 Å². The van der Waals surface area contributed by atoms with E-state index in [1.54, 1.807) is 0 Å². The van der Waals surface area contributed by atoms with Gasteiger partial charge in [-0.05, 0) is 155 Å². The molecule has 2 aliphatic rings. The van der Waals surface area contributed by atoms with Crippen molar-refractivity contribution in [2.75, 3.05) is 14.7 Å². The molecular weight excluding hydrogens is 898 g/mol. The Morgan fingerprint density at radius 2 is 1.00 bits per heavy atom. The largest absolute Gasteiger partial charge is 0.311 e.